The van der Waals surface area contributed by atoms with Gasteiger partial charge in [0.15, 0.2) is 5.69 Å². The zero-order chi connectivity index (χ0) is 20.6. The molecule has 0 radical (unpaired) electrons. The number of rotatable bonds is 5. The van der Waals surface area contributed by atoms with Crippen LogP contribution in [0.5, 0.6) is 0 Å². The van der Waals surface area contributed by atoms with Crippen LogP contribution >= 0.6 is 20.1 Å². The van der Waals surface area contributed by atoms with Crippen molar-refractivity contribution in [3.63, 3.8) is 0 Å². The fourth-order valence-electron chi connectivity index (χ4n) is 2.00. The van der Waals surface area contributed by atoms with Crippen LogP contribution in [0.4, 0.5) is 19.5 Å². The lowest BCUT2D eigenvalue weighted by molar-refractivity contribution is 0.00648. The number of sulfonamides is 1. The number of hydrogen-bond acceptors (Lipinski definition) is 7. The normalized spacial score (nSPS) is 12.5. The van der Waals surface area contributed by atoms with Crippen molar-refractivity contribution in [3.8, 4) is 0 Å². The molecule has 0 fully saturated rings. The molecular weight excluding hydrogens is 419 g/mol. The number of thiazole rings is 1. The number of halogens is 2. The van der Waals surface area contributed by atoms with E-state index in [1.54, 1.807) is 27.4 Å². The summed E-state index contributed by atoms with van der Waals surface area (Å²) in [5, 5.41) is 0.00252. The molecule has 1 atom stereocenters. The Morgan fingerprint density at radius 3 is 2.33 bits per heavy atom. The summed E-state index contributed by atoms with van der Waals surface area (Å²) in [5.41, 5.74) is 4.72. The predicted molar refractivity (Wildman–Crippen MR) is 102 cm³/mol. The number of anilines is 2. The van der Waals surface area contributed by atoms with Gasteiger partial charge in [0.2, 0.25) is 0 Å². The minimum absolute atomic E-state index is 0.00252. The molecule has 0 saturated carbocycles. The molecule has 0 saturated heterocycles. The number of carbonyl (C=O) groups excluding carboxylic acids is 1. The Bertz CT molecular complexity index is 951. The van der Waals surface area contributed by atoms with Gasteiger partial charge in [0.05, 0.1) is 10.4 Å². The lowest BCUT2D eigenvalue weighted by atomic mass is 10.2. The van der Waals surface area contributed by atoms with Gasteiger partial charge in [-0.1, -0.05) is 0 Å². The Kier molecular flexibility index (Phi) is 6.08. The molecule has 7 nitrogen and oxygen atoms in total. The van der Waals surface area contributed by atoms with Crippen molar-refractivity contribution in [2.45, 2.75) is 31.3 Å². The summed E-state index contributed by atoms with van der Waals surface area (Å²) < 4.78 is 59.4. The third kappa shape index (κ3) is 4.53. The highest BCUT2D eigenvalue weighted by atomic mass is 32.2. The highest BCUT2D eigenvalue weighted by Crippen LogP contribution is 2.38. The van der Waals surface area contributed by atoms with Gasteiger partial charge in [0.1, 0.15) is 27.9 Å². The van der Waals surface area contributed by atoms with Gasteiger partial charge in [0.25, 0.3) is 10.0 Å². The van der Waals surface area contributed by atoms with Crippen molar-refractivity contribution in [3.05, 3.63) is 35.0 Å². The SMILES string of the molecule is CPN(c1scnc1C(=O)OC(C)(C)C)S(=O)(=O)c1cc(F)c(N)c(F)c1. The van der Waals surface area contributed by atoms with E-state index in [4.69, 9.17) is 10.5 Å². The summed E-state index contributed by atoms with van der Waals surface area (Å²) >= 11 is 0.899. The van der Waals surface area contributed by atoms with Crippen molar-refractivity contribution >= 4 is 46.7 Å². The Hall–Kier alpha value is -1.84. The van der Waals surface area contributed by atoms with Crippen LogP contribution in [-0.4, -0.2) is 31.6 Å². The second-order valence-electron chi connectivity index (χ2n) is 6.30. The summed E-state index contributed by atoms with van der Waals surface area (Å²) in [6.07, 6.45) is 0. The maximum Gasteiger partial charge on any atom is 0.360 e. The van der Waals surface area contributed by atoms with Crippen LogP contribution in [0.2, 0.25) is 0 Å². The largest absolute Gasteiger partial charge is 0.455 e. The number of nitrogens with two attached hydrogens (primary N) is 1. The first-order valence-corrected chi connectivity index (χ1v) is 11.3. The zero-order valence-electron chi connectivity index (χ0n) is 14.9. The monoisotopic (exact) mass is 437 g/mol. The van der Waals surface area contributed by atoms with Crippen molar-refractivity contribution < 1.29 is 26.7 Å². The van der Waals surface area contributed by atoms with Gasteiger partial charge in [-0.15, -0.1) is 11.3 Å². The van der Waals surface area contributed by atoms with Gasteiger partial charge in [-0.3, -0.25) is 0 Å². The molecule has 0 bridgehead atoms. The highest BCUT2D eigenvalue weighted by molar-refractivity contribution is 7.98. The molecule has 148 valence electrons. The van der Waals surface area contributed by atoms with Crippen LogP contribution in [0, 0.1) is 11.6 Å². The lowest BCUT2D eigenvalue weighted by Gasteiger charge is -2.23. The molecule has 27 heavy (non-hydrogen) atoms. The average molecular weight is 437 g/mol. The molecule has 0 aliphatic carbocycles. The maximum atomic E-state index is 13.7. The van der Waals surface area contributed by atoms with E-state index in [1.807, 2.05) is 0 Å². The first kappa shape index (κ1) is 21.5. The number of aromatic nitrogens is 1. The Morgan fingerprint density at radius 1 is 1.30 bits per heavy atom. The molecule has 1 unspecified atom stereocenters. The molecule has 0 amide bonds. The van der Waals surface area contributed by atoms with Gasteiger partial charge < -0.3 is 10.5 Å². The van der Waals surface area contributed by atoms with Crippen molar-refractivity contribution in [2.24, 2.45) is 0 Å². The van der Waals surface area contributed by atoms with E-state index in [0.29, 0.717) is 12.1 Å². The summed E-state index contributed by atoms with van der Waals surface area (Å²) in [6.45, 7) is 6.52. The third-order valence-corrected chi connectivity index (χ3v) is 7.60. The quantitative estimate of drug-likeness (QED) is 0.437. The summed E-state index contributed by atoms with van der Waals surface area (Å²) in [6, 6.07) is 1.27. The number of hydrogen-bond donors (Lipinski definition) is 1. The van der Waals surface area contributed by atoms with E-state index in [-0.39, 0.29) is 19.4 Å². The summed E-state index contributed by atoms with van der Waals surface area (Å²) in [4.78, 5) is 15.6. The van der Waals surface area contributed by atoms with E-state index in [9.17, 15) is 22.0 Å². The molecular formula is C15H18F2N3O4PS2. The number of nitrogen functional groups attached to an aromatic ring is 1. The third-order valence-electron chi connectivity index (χ3n) is 3.12. The second kappa shape index (κ2) is 7.65. The van der Waals surface area contributed by atoms with Gasteiger partial charge in [-0.05, 0) is 48.3 Å². The molecule has 0 aliphatic rings. The molecule has 1 aromatic heterocycles. The number of carbonyl (C=O) groups is 1. The zero-order valence-corrected chi connectivity index (χ0v) is 17.5. The molecule has 1 aromatic carbocycles. The minimum atomic E-state index is -4.36. The summed E-state index contributed by atoms with van der Waals surface area (Å²) in [5.74, 6) is -3.18. The minimum Gasteiger partial charge on any atom is -0.455 e. The van der Waals surface area contributed by atoms with E-state index >= 15 is 0 Å². The highest BCUT2D eigenvalue weighted by Gasteiger charge is 2.32. The van der Waals surface area contributed by atoms with Crippen molar-refractivity contribution in [2.75, 3.05) is 16.5 Å². The van der Waals surface area contributed by atoms with Crippen LogP contribution in [0.3, 0.4) is 0 Å². The van der Waals surface area contributed by atoms with Gasteiger partial charge >= 0.3 is 5.97 Å². The molecule has 2 N–H and O–H groups in total. The Balaban J connectivity index is 2.52. The van der Waals surface area contributed by atoms with Gasteiger partial charge in [-0.2, -0.15) is 0 Å². The van der Waals surface area contributed by atoms with E-state index < -0.39 is 43.8 Å². The number of esters is 1. The molecule has 0 aliphatic heterocycles. The average Bonchev–Trinajstić information content (AvgIpc) is 3.00. The summed E-state index contributed by atoms with van der Waals surface area (Å²) in [7, 11) is -4.74. The van der Waals surface area contributed by atoms with Gasteiger partial charge in [0, 0.05) is 0 Å². The number of nitrogens with zero attached hydrogens (tertiary/aromatic N) is 2. The topological polar surface area (TPSA) is 103 Å². The Morgan fingerprint density at radius 2 is 1.85 bits per heavy atom. The molecule has 2 aromatic rings. The van der Waals surface area contributed by atoms with Crippen LogP contribution in [0.1, 0.15) is 31.3 Å². The fourth-order valence-corrected chi connectivity index (χ4v) is 6.06. The smallest absolute Gasteiger partial charge is 0.360 e. The van der Waals surface area contributed by atoms with E-state index in [2.05, 4.69) is 4.98 Å². The maximum absolute atomic E-state index is 13.7. The van der Waals surface area contributed by atoms with Crippen LogP contribution in [0.15, 0.2) is 22.5 Å². The van der Waals surface area contributed by atoms with Gasteiger partial charge in [-0.25, -0.2) is 31.1 Å². The standard InChI is InChI=1S/C15H18F2N3O4PS2/c1-15(2,3)24-14(21)12-13(26-7-19-12)20(25-4)27(22,23)8-5-9(16)11(18)10(17)6-8/h5-7,25H,18H2,1-4H3. The van der Waals surface area contributed by atoms with E-state index in [1.165, 1.54) is 5.51 Å². The first-order chi connectivity index (χ1) is 12.4. The molecule has 2 rings (SSSR count). The van der Waals surface area contributed by atoms with Crippen molar-refractivity contribution in [1.82, 2.24) is 4.98 Å². The van der Waals surface area contributed by atoms with Crippen LogP contribution in [0.25, 0.3) is 0 Å². The molecule has 1 heterocycles. The van der Waals surface area contributed by atoms with E-state index in [0.717, 1.165) is 15.4 Å². The number of ether oxygens (including phenoxy) is 1. The molecule has 12 heteroatoms. The first-order valence-electron chi connectivity index (χ1n) is 7.52. The Labute approximate surface area is 161 Å². The fraction of sp³-hybridized carbons (Fsp3) is 0.333. The van der Waals surface area contributed by atoms with Crippen LogP contribution < -0.4 is 9.81 Å². The predicted octanol–water partition coefficient (Wildman–Crippen LogP) is 3.38. The number of benzene rings is 1. The lowest BCUT2D eigenvalue weighted by Crippen LogP contribution is -2.27. The second-order valence-corrected chi connectivity index (χ2v) is 10.1. The molecule has 0 spiro atoms. The van der Waals surface area contributed by atoms with Crippen LogP contribution in [-0.2, 0) is 14.8 Å². The van der Waals surface area contributed by atoms with Crippen molar-refractivity contribution in [1.29, 1.82) is 0 Å².